The molecule has 0 aliphatic heterocycles. The number of ether oxygens (including phenoxy) is 1. The number of rotatable bonds is 2. The number of carbonyl (C=O) groups excluding carboxylic acids is 6. The molecular weight excluding hydrogens is 528 g/mol. The van der Waals surface area contributed by atoms with Crippen LogP contribution in [0.3, 0.4) is 0 Å². The van der Waals surface area contributed by atoms with Crippen LogP contribution in [0.4, 0.5) is 0 Å². The van der Waals surface area contributed by atoms with Crippen molar-refractivity contribution in [2.24, 2.45) is 22.9 Å². The lowest BCUT2D eigenvalue weighted by molar-refractivity contribution is -0.165. The van der Waals surface area contributed by atoms with Crippen molar-refractivity contribution in [1.82, 2.24) is 0 Å². The van der Waals surface area contributed by atoms with Crippen molar-refractivity contribution in [2.45, 2.75) is 23.9 Å². The molecule has 0 saturated carbocycles. The smallest absolute Gasteiger partial charge is 0.338 e. The first kappa shape index (κ1) is 26.0. The quantitative estimate of drug-likeness (QED) is 0.301. The fraction of sp³-hybridized carbons (Fsp3) is 0.133. The molecule has 2 aromatic carbocycles. The Bertz CT molecular complexity index is 1700. The van der Waals surface area contributed by atoms with Gasteiger partial charge in [-0.1, -0.05) is 60.7 Å². The first-order chi connectivity index (χ1) is 19.4. The molecule has 0 bridgehead atoms. The first-order valence-corrected chi connectivity index (χ1v) is 12.5. The molecule has 0 saturated heterocycles. The molecule has 2 atom stereocenters. The van der Waals surface area contributed by atoms with Gasteiger partial charge in [0.15, 0.2) is 23.1 Å². The lowest BCUT2D eigenvalue weighted by atomic mass is 9.69. The minimum Gasteiger partial charge on any atom is -0.398 e. The van der Waals surface area contributed by atoms with Crippen LogP contribution in [0, 0.1) is 0 Å². The number of nitrogens with two attached hydrogens (primary N) is 4. The number of fused-ring (bicyclic) bond motifs is 2. The lowest BCUT2D eigenvalue weighted by Crippen LogP contribution is -2.60. The maximum absolute atomic E-state index is 13.6. The maximum atomic E-state index is 13.6. The van der Waals surface area contributed by atoms with Gasteiger partial charge in [-0.05, 0) is 0 Å². The lowest BCUT2D eigenvalue weighted by Gasteiger charge is -2.38. The monoisotopic (exact) mass is 550 g/mol. The van der Waals surface area contributed by atoms with Crippen LogP contribution in [0.25, 0.3) is 0 Å². The molecule has 0 aromatic heterocycles. The Morgan fingerprint density at radius 1 is 0.585 bits per heavy atom. The highest BCUT2D eigenvalue weighted by molar-refractivity contribution is 6.32. The van der Waals surface area contributed by atoms with Gasteiger partial charge in [-0.25, -0.2) is 9.59 Å². The molecule has 2 unspecified atom stereocenters. The van der Waals surface area contributed by atoms with E-state index < -0.39 is 57.3 Å². The highest BCUT2D eigenvalue weighted by Gasteiger charge is 2.55. The Morgan fingerprint density at radius 3 is 1.24 bits per heavy atom. The van der Waals surface area contributed by atoms with Gasteiger partial charge in [0.25, 0.3) is 0 Å². The third kappa shape index (κ3) is 3.39. The molecule has 8 N–H and O–H groups in total. The zero-order valence-electron chi connectivity index (χ0n) is 21.4. The molecular formula is C30H22N4O7. The van der Waals surface area contributed by atoms with Gasteiger partial charge in [0, 0.05) is 57.6 Å². The van der Waals surface area contributed by atoms with Crippen LogP contribution >= 0.6 is 0 Å². The molecule has 4 aliphatic rings. The summed E-state index contributed by atoms with van der Waals surface area (Å²) in [5, 5.41) is 0. The Morgan fingerprint density at radius 2 is 0.902 bits per heavy atom. The van der Waals surface area contributed by atoms with Gasteiger partial charge in [-0.15, -0.1) is 0 Å². The predicted octanol–water partition coefficient (Wildman–Crippen LogP) is 0.695. The fourth-order valence-corrected chi connectivity index (χ4v) is 5.74. The van der Waals surface area contributed by atoms with Crippen LogP contribution in [0.2, 0.25) is 0 Å². The SMILES string of the molecule is NC1=CCC(N)(C(=O)OC(=O)C2(N)CC=C(N)C3=C2C(=O)c2ccccc2C3=O)C2=C1C(=O)c1ccccc1C2=O. The molecule has 2 aromatic rings. The number of hydrogen-bond acceptors (Lipinski definition) is 11. The summed E-state index contributed by atoms with van der Waals surface area (Å²) in [6, 6.07) is 12.0. The van der Waals surface area contributed by atoms with Crippen LogP contribution in [-0.2, 0) is 14.3 Å². The van der Waals surface area contributed by atoms with E-state index in [0.717, 1.165) is 0 Å². The minimum atomic E-state index is -2.29. The number of carbonyl (C=O) groups is 6. The second kappa shape index (κ2) is 8.62. The van der Waals surface area contributed by atoms with E-state index in [1.165, 1.54) is 36.4 Å². The standard InChI is InChI=1S/C30H22N4O7/c31-17-9-11-29(33,21-19(17)23(35)13-5-1-3-7-15(13)25(21)37)27(39)41-28(40)30(34)12-10-18(32)20-22(30)26(38)16-8-4-2-6-14(16)24(20)36/h1-10H,11-12,31-34H2. The summed E-state index contributed by atoms with van der Waals surface area (Å²) >= 11 is 0. The van der Waals surface area contributed by atoms with Crippen molar-refractivity contribution in [3.63, 3.8) is 0 Å². The zero-order chi connectivity index (χ0) is 29.4. The minimum absolute atomic E-state index is 0.0165. The molecule has 0 amide bonds. The van der Waals surface area contributed by atoms with Gasteiger partial charge in [-0.2, -0.15) is 0 Å². The normalized spacial score (nSPS) is 25.0. The first-order valence-electron chi connectivity index (χ1n) is 12.5. The van der Waals surface area contributed by atoms with Crippen molar-refractivity contribution in [1.29, 1.82) is 0 Å². The Kier molecular flexibility index (Phi) is 5.46. The molecule has 0 radical (unpaired) electrons. The van der Waals surface area contributed by atoms with Gasteiger partial charge in [0.1, 0.15) is 11.1 Å². The van der Waals surface area contributed by atoms with Crippen LogP contribution in [0.15, 0.2) is 94.4 Å². The average Bonchev–Trinajstić information content (AvgIpc) is 2.97. The maximum Gasteiger partial charge on any atom is 0.338 e. The fourth-order valence-electron chi connectivity index (χ4n) is 5.74. The average molecular weight is 551 g/mol. The number of ketones is 4. The second-order valence-corrected chi connectivity index (χ2v) is 10.3. The third-order valence-corrected chi connectivity index (χ3v) is 7.91. The molecule has 0 fully saturated rings. The van der Waals surface area contributed by atoms with Crippen LogP contribution in [-0.4, -0.2) is 46.1 Å². The number of allylic oxidation sites excluding steroid dienone is 2. The van der Waals surface area contributed by atoms with Gasteiger partial charge >= 0.3 is 11.9 Å². The molecule has 11 heteroatoms. The van der Waals surface area contributed by atoms with Crippen LogP contribution < -0.4 is 22.9 Å². The molecule has 6 rings (SSSR count). The summed E-state index contributed by atoms with van der Waals surface area (Å²) < 4.78 is 5.18. The van der Waals surface area contributed by atoms with Crippen molar-refractivity contribution in [2.75, 3.05) is 0 Å². The topological polar surface area (TPSA) is 216 Å². The largest absolute Gasteiger partial charge is 0.398 e. The summed E-state index contributed by atoms with van der Waals surface area (Å²) in [6.45, 7) is 0. The zero-order valence-corrected chi connectivity index (χ0v) is 21.4. The molecule has 0 heterocycles. The van der Waals surface area contributed by atoms with E-state index >= 15 is 0 Å². The highest BCUT2D eigenvalue weighted by Crippen LogP contribution is 2.42. The van der Waals surface area contributed by atoms with Crippen molar-refractivity contribution in [3.8, 4) is 0 Å². The molecule has 41 heavy (non-hydrogen) atoms. The molecule has 0 spiro atoms. The molecule has 4 aliphatic carbocycles. The van der Waals surface area contributed by atoms with E-state index in [4.69, 9.17) is 27.7 Å². The van der Waals surface area contributed by atoms with Gasteiger partial charge in [0.2, 0.25) is 0 Å². The Balaban J connectivity index is 1.39. The van der Waals surface area contributed by atoms with E-state index in [-0.39, 0.29) is 57.6 Å². The Labute approximate surface area is 232 Å². The summed E-state index contributed by atoms with van der Waals surface area (Å²) in [4.78, 5) is 80.8. The van der Waals surface area contributed by atoms with Gasteiger partial charge in [0.05, 0.1) is 11.1 Å². The van der Waals surface area contributed by atoms with Crippen LogP contribution in [0.5, 0.6) is 0 Å². The van der Waals surface area contributed by atoms with Crippen molar-refractivity contribution >= 4 is 35.1 Å². The van der Waals surface area contributed by atoms with Gasteiger partial charge < -0.3 is 27.7 Å². The Hall–Kier alpha value is -5.26. The van der Waals surface area contributed by atoms with E-state index in [1.807, 2.05) is 0 Å². The van der Waals surface area contributed by atoms with E-state index in [0.29, 0.717) is 0 Å². The molecule has 11 nitrogen and oxygen atoms in total. The highest BCUT2D eigenvalue weighted by atomic mass is 16.6. The number of esters is 2. The number of benzene rings is 2. The molecule has 204 valence electrons. The summed E-state index contributed by atoms with van der Waals surface area (Å²) in [5.41, 5.74) is 19.2. The van der Waals surface area contributed by atoms with E-state index in [2.05, 4.69) is 0 Å². The number of Topliss-reactive ketones (excluding diaryl/α,β-unsaturated/α-hetero) is 4. The van der Waals surface area contributed by atoms with E-state index in [9.17, 15) is 28.8 Å². The summed E-state index contributed by atoms with van der Waals surface area (Å²) in [5.74, 6) is -5.43. The van der Waals surface area contributed by atoms with Crippen molar-refractivity contribution in [3.05, 3.63) is 117 Å². The summed E-state index contributed by atoms with van der Waals surface area (Å²) in [6.07, 6.45) is 1.86. The second-order valence-electron chi connectivity index (χ2n) is 10.3. The third-order valence-electron chi connectivity index (χ3n) is 7.91. The summed E-state index contributed by atoms with van der Waals surface area (Å²) in [7, 11) is 0. The number of hydrogen-bond donors (Lipinski definition) is 4. The van der Waals surface area contributed by atoms with E-state index in [1.54, 1.807) is 24.3 Å². The van der Waals surface area contributed by atoms with Crippen molar-refractivity contribution < 1.29 is 33.5 Å². The van der Waals surface area contributed by atoms with Gasteiger partial charge in [-0.3, -0.25) is 19.2 Å². The van der Waals surface area contributed by atoms with Crippen LogP contribution in [0.1, 0.15) is 54.3 Å². The predicted molar refractivity (Wildman–Crippen MR) is 143 cm³/mol.